The third-order valence-electron chi connectivity index (χ3n) is 7.44. The first-order valence-electron chi connectivity index (χ1n) is 12.4. The van der Waals surface area contributed by atoms with Gasteiger partial charge in [0.2, 0.25) is 5.91 Å². The third-order valence-corrected chi connectivity index (χ3v) is 7.44. The number of nitrogens with zero attached hydrogens (tertiary/aromatic N) is 1. The van der Waals surface area contributed by atoms with Gasteiger partial charge in [0.05, 0.1) is 0 Å². The third kappa shape index (κ3) is 6.85. The number of likely N-dealkylation sites (tertiary alicyclic amines) is 1. The second kappa shape index (κ2) is 11.6. The SMILES string of the molecule is O=C(N[C@H]1CC[C@H](CCN2CCC(Oc3cc(F)c(F)cc3F)CC2)CC1)C1CCOCC1. The summed E-state index contributed by atoms with van der Waals surface area (Å²) in [5, 5.41) is 3.26. The van der Waals surface area contributed by atoms with Crippen LogP contribution in [0.1, 0.15) is 57.8 Å². The molecule has 1 amide bonds. The molecule has 184 valence electrons. The Bertz CT molecular complexity index is 787. The van der Waals surface area contributed by atoms with Gasteiger partial charge in [0.1, 0.15) is 6.10 Å². The van der Waals surface area contributed by atoms with Crippen LogP contribution in [0.25, 0.3) is 0 Å². The summed E-state index contributed by atoms with van der Waals surface area (Å²) < 4.78 is 51.2. The number of benzene rings is 1. The van der Waals surface area contributed by atoms with Gasteiger partial charge < -0.3 is 19.7 Å². The van der Waals surface area contributed by atoms with Crippen molar-refractivity contribution in [2.75, 3.05) is 32.8 Å². The molecular weight excluding hydrogens is 433 g/mol. The van der Waals surface area contributed by atoms with Crippen molar-refractivity contribution in [2.24, 2.45) is 11.8 Å². The van der Waals surface area contributed by atoms with Gasteiger partial charge in [-0.05, 0) is 70.3 Å². The number of amides is 1. The second-order valence-corrected chi connectivity index (χ2v) is 9.76. The fraction of sp³-hybridized carbons (Fsp3) is 0.720. The first-order chi connectivity index (χ1) is 16.0. The maximum absolute atomic E-state index is 13.8. The van der Waals surface area contributed by atoms with E-state index in [0.29, 0.717) is 31.2 Å². The van der Waals surface area contributed by atoms with Gasteiger partial charge in [-0.25, -0.2) is 13.2 Å². The first kappa shape index (κ1) is 24.3. The molecule has 5 nitrogen and oxygen atoms in total. The fourth-order valence-corrected chi connectivity index (χ4v) is 5.26. The molecule has 2 aliphatic heterocycles. The molecule has 1 aromatic carbocycles. The van der Waals surface area contributed by atoms with Crippen LogP contribution >= 0.6 is 0 Å². The van der Waals surface area contributed by atoms with Crippen molar-refractivity contribution in [3.8, 4) is 5.75 Å². The second-order valence-electron chi connectivity index (χ2n) is 9.76. The van der Waals surface area contributed by atoms with E-state index in [4.69, 9.17) is 9.47 Å². The first-order valence-corrected chi connectivity index (χ1v) is 12.4. The highest BCUT2D eigenvalue weighted by Crippen LogP contribution is 2.29. The lowest BCUT2D eigenvalue weighted by Crippen LogP contribution is -2.43. The zero-order valence-corrected chi connectivity index (χ0v) is 19.2. The normalized spacial score (nSPS) is 25.7. The summed E-state index contributed by atoms with van der Waals surface area (Å²) in [5.74, 6) is -2.38. The zero-order valence-electron chi connectivity index (χ0n) is 19.2. The molecule has 0 radical (unpaired) electrons. The van der Waals surface area contributed by atoms with E-state index in [1.54, 1.807) is 0 Å². The number of hydrogen-bond acceptors (Lipinski definition) is 4. The van der Waals surface area contributed by atoms with Crippen molar-refractivity contribution in [1.29, 1.82) is 0 Å². The molecule has 0 unspecified atom stereocenters. The number of carbonyl (C=O) groups excluding carboxylic acids is 1. The number of halogens is 3. The minimum absolute atomic E-state index is 0.113. The van der Waals surface area contributed by atoms with Gasteiger partial charge >= 0.3 is 0 Å². The summed E-state index contributed by atoms with van der Waals surface area (Å²) in [5.41, 5.74) is 0. The van der Waals surface area contributed by atoms with Crippen LogP contribution in [0.3, 0.4) is 0 Å². The lowest BCUT2D eigenvalue weighted by molar-refractivity contribution is -0.128. The minimum atomic E-state index is -1.20. The molecule has 33 heavy (non-hydrogen) atoms. The Balaban J connectivity index is 1.11. The van der Waals surface area contributed by atoms with Gasteiger partial charge in [-0.15, -0.1) is 0 Å². The van der Waals surface area contributed by atoms with E-state index in [0.717, 1.165) is 83.5 Å². The van der Waals surface area contributed by atoms with Crippen LogP contribution < -0.4 is 10.1 Å². The van der Waals surface area contributed by atoms with E-state index in [2.05, 4.69) is 10.2 Å². The van der Waals surface area contributed by atoms with Crippen molar-refractivity contribution >= 4 is 5.91 Å². The lowest BCUT2D eigenvalue weighted by atomic mass is 9.83. The van der Waals surface area contributed by atoms with Crippen LogP contribution in [0.2, 0.25) is 0 Å². The molecule has 1 aliphatic carbocycles. The number of nitrogens with one attached hydrogen (secondary N) is 1. The maximum Gasteiger partial charge on any atom is 0.223 e. The molecule has 0 aromatic heterocycles. The Hall–Kier alpha value is -1.80. The molecule has 0 spiro atoms. The van der Waals surface area contributed by atoms with Gasteiger partial charge in [0.15, 0.2) is 23.2 Å². The van der Waals surface area contributed by atoms with Gasteiger partial charge in [0, 0.05) is 50.4 Å². The maximum atomic E-state index is 13.8. The van der Waals surface area contributed by atoms with Crippen LogP contribution in [0.5, 0.6) is 5.75 Å². The molecule has 1 saturated carbocycles. The van der Waals surface area contributed by atoms with Crippen molar-refractivity contribution in [3.05, 3.63) is 29.6 Å². The van der Waals surface area contributed by atoms with E-state index in [1.807, 2.05) is 0 Å². The predicted octanol–water partition coefficient (Wildman–Crippen LogP) is 4.44. The molecule has 1 aromatic rings. The average Bonchev–Trinajstić information content (AvgIpc) is 2.83. The Morgan fingerprint density at radius 3 is 2.30 bits per heavy atom. The molecule has 8 heteroatoms. The Kier molecular flexibility index (Phi) is 8.52. The summed E-state index contributed by atoms with van der Waals surface area (Å²) in [6.07, 6.45) is 8.50. The highest BCUT2D eigenvalue weighted by atomic mass is 19.2. The van der Waals surface area contributed by atoms with Crippen molar-refractivity contribution in [3.63, 3.8) is 0 Å². The van der Waals surface area contributed by atoms with E-state index < -0.39 is 17.5 Å². The number of rotatable bonds is 7. The van der Waals surface area contributed by atoms with Crippen molar-refractivity contribution < 1.29 is 27.4 Å². The van der Waals surface area contributed by atoms with E-state index >= 15 is 0 Å². The number of carbonyl (C=O) groups is 1. The van der Waals surface area contributed by atoms with E-state index in [9.17, 15) is 18.0 Å². The molecule has 0 atom stereocenters. The predicted molar refractivity (Wildman–Crippen MR) is 118 cm³/mol. The fourth-order valence-electron chi connectivity index (χ4n) is 5.26. The van der Waals surface area contributed by atoms with Crippen LogP contribution in [0.4, 0.5) is 13.2 Å². The van der Waals surface area contributed by atoms with Gasteiger partial charge in [0.25, 0.3) is 0 Å². The minimum Gasteiger partial charge on any atom is -0.487 e. The van der Waals surface area contributed by atoms with Crippen LogP contribution in [0.15, 0.2) is 12.1 Å². The molecule has 3 fully saturated rings. The van der Waals surface area contributed by atoms with Crippen LogP contribution in [0, 0.1) is 29.3 Å². The smallest absolute Gasteiger partial charge is 0.223 e. The highest BCUT2D eigenvalue weighted by molar-refractivity contribution is 5.79. The number of piperidine rings is 1. The Morgan fingerprint density at radius 1 is 0.939 bits per heavy atom. The summed E-state index contributed by atoms with van der Waals surface area (Å²) in [6.45, 7) is 4.11. The van der Waals surface area contributed by atoms with Crippen LogP contribution in [-0.2, 0) is 9.53 Å². The Labute approximate surface area is 194 Å². The van der Waals surface area contributed by atoms with Crippen molar-refractivity contribution in [2.45, 2.75) is 69.9 Å². The number of ether oxygens (including phenoxy) is 2. The summed E-state index contributed by atoms with van der Waals surface area (Å²) >= 11 is 0. The van der Waals surface area contributed by atoms with Gasteiger partial charge in [-0.2, -0.15) is 0 Å². The zero-order chi connectivity index (χ0) is 23.2. The number of hydrogen-bond donors (Lipinski definition) is 1. The highest BCUT2D eigenvalue weighted by Gasteiger charge is 2.28. The average molecular weight is 469 g/mol. The molecule has 2 saturated heterocycles. The summed E-state index contributed by atoms with van der Waals surface area (Å²) in [6, 6.07) is 1.63. The lowest BCUT2D eigenvalue weighted by Gasteiger charge is -2.35. The molecular formula is C25H35F3N2O3. The largest absolute Gasteiger partial charge is 0.487 e. The standard InChI is InChI=1S/C25H35F3N2O3/c26-21-15-23(28)24(16-22(21)27)33-20-6-11-30(12-7-20)10-5-17-1-3-19(4-2-17)29-25(31)18-8-13-32-14-9-18/h15-20H,1-14H2,(H,29,31)/t17-,19-. The quantitative estimate of drug-likeness (QED) is 0.602. The summed E-state index contributed by atoms with van der Waals surface area (Å²) in [7, 11) is 0. The van der Waals surface area contributed by atoms with Gasteiger partial charge in [-0.1, -0.05) is 0 Å². The Morgan fingerprint density at radius 2 is 1.61 bits per heavy atom. The molecule has 3 aliphatic rings. The summed E-state index contributed by atoms with van der Waals surface area (Å²) in [4.78, 5) is 14.8. The van der Waals surface area contributed by atoms with Crippen LogP contribution in [-0.4, -0.2) is 55.8 Å². The van der Waals surface area contributed by atoms with E-state index in [1.165, 1.54) is 0 Å². The monoisotopic (exact) mass is 468 g/mol. The molecule has 4 rings (SSSR count). The van der Waals surface area contributed by atoms with Gasteiger partial charge in [-0.3, -0.25) is 4.79 Å². The molecule has 2 heterocycles. The van der Waals surface area contributed by atoms with E-state index in [-0.39, 0.29) is 23.7 Å². The molecule has 1 N–H and O–H groups in total. The van der Waals surface area contributed by atoms with Crippen molar-refractivity contribution in [1.82, 2.24) is 10.2 Å². The molecule has 0 bridgehead atoms. The topological polar surface area (TPSA) is 50.8 Å².